The van der Waals surface area contributed by atoms with Crippen LogP contribution in [0.25, 0.3) is 20.7 Å². The number of hydrogen-bond acceptors (Lipinski definition) is 7. The number of benzene rings is 1. The summed E-state index contributed by atoms with van der Waals surface area (Å²) in [5, 5.41) is 7.89. The zero-order valence-corrected chi connectivity index (χ0v) is 21.3. The van der Waals surface area contributed by atoms with Gasteiger partial charge in [0, 0.05) is 40.8 Å². The van der Waals surface area contributed by atoms with Gasteiger partial charge in [-0.05, 0) is 71.1 Å². The molecule has 1 aromatic carbocycles. The van der Waals surface area contributed by atoms with Gasteiger partial charge in [0.15, 0.2) is 0 Å². The molecule has 3 aromatic rings. The van der Waals surface area contributed by atoms with Crippen molar-refractivity contribution in [3.63, 3.8) is 0 Å². The first-order valence-electron chi connectivity index (χ1n) is 12.0. The van der Waals surface area contributed by atoms with Crippen LogP contribution in [0.5, 0.6) is 0 Å². The lowest BCUT2D eigenvalue weighted by atomic mass is 10.0. The maximum atomic E-state index is 12.7. The molecule has 1 aliphatic heterocycles. The van der Waals surface area contributed by atoms with Gasteiger partial charge in [0.1, 0.15) is 5.69 Å². The summed E-state index contributed by atoms with van der Waals surface area (Å²) in [6.07, 6.45) is 6.21. The summed E-state index contributed by atoms with van der Waals surface area (Å²) < 4.78 is 1.05. The second-order valence-electron chi connectivity index (χ2n) is 9.43. The topological polar surface area (TPSA) is 73.4 Å². The number of piperidine rings is 1. The van der Waals surface area contributed by atoms with Crippen LogP contribution in [0, 0.1) is 0 Å². The van der Waals surface area contributed by atoms with E-state index in [9.17, 15) is 4.79 Å². The molecule has 9 heteroatoms. The van der Waals surface area contributed by atoms with E-state index >= 15 is 0 Å². The Hall–Kier alpha value is -2.26. The number of hydrogen-bond donors (Lipinski definition) is 2. The quantitative estimate of drug-likeness (QED) is 0.481. The number of anilines is 1. The molecule has 2 aromatic heterocycles. The highest BCUT2D eigenvalue weighted by molar-refractivity contribution is 7.22. The number of rotatable bonds is 8. The average molecular weight is 499 g/mol. The van der Waals surface area contributed by atoms with Crippen molar-refractivity contribution in [3.8, 4) is 10.6 Å². The molecule has 0 spiro atoms. The Kier molecular flexibility index (Phi) is 7.01. The summed E-state index contributed by atoms with van der Waals surface area (Å²) >= 11 is 8.09. The molecule has 1 saturated heterocycles. The molecule has 1 amide bonds. The highest BCUT2D eigenvalue weighted by Gasteiger charge is 2.25. The zero-order chi connectivity index (χ0) is 23.7. The van der Waals surface area contributed by atoms with Gasteiger partial charge in [0.2, 0.25) is 5.95 Å². The molecule has 3 heterocycles. The third-order valence-corrected chi connectivity index (χ3v) is 8.08. The van der Waals surface area contributed by atoms with Gasteiger partial charge in [-0.1, -0.05) is 17.7 Å². The van der Waals surface area contributed by atoms with Crippen LogP contribution in [0.1, 0.15) is 36.0 Å². The van der Waals surface area contributed by atoms with Crippen LogP contribution in [0.2, 0.25) is 5.02 Å². The molecular weight excluding hydrogens is 468 g/mol. The second kappa shape index (κ2) is 10.2. The molecule has 1 saturated carbocycles. The van der Waals surface area contributed by atoms with Crippen LogP contribution < -0.4 is 10.6 Å². The van der Waals surface area contributed by atoms with Gasteiger partial charge < -0.3 is 20.4 Å². The summed E-state index contributed by atoms with van der Waals surface area (Å²) in [6.45, 7) is 3.99. The maximum Gasteiger partial charge on any atom is 0.252 e. The summed E-state index contributed by atoms with van der Waals surface area (Å²) in [5.41, 5.74) is 1.40. The van der Waals surface area contributed by atoms with E-state index in [0.29, 0.717) is 34.3 Å². The first kappa shape index (κ1) is 23.5. The summed E-state index contributed by atoms with van der Waals surface area (Å²) in [5.74, 6) is 0.565. The van der Waals surface area contributed by atoms with E-state index in [2.05, 4.69) is 39.5 Å². The number of carbonyl (C=O) groups is 1. The molecule has 34 heavy (non-hydrogen) atoms. The number of amides is 1. The Bertz CT molecular complexity index is 1170. The fraction of sp³-hybridized carbons (Fsp3) is 0.480. The number of nitrogens with one attached hydrogen (secondary N) is 2. The molecule has 2 aliphatic rings. The van der Waals surface area contributed by atoms with Crippen molar-refractivity contribution in [2.45, 2.75) is 37.8 Å². The van der Waals surface area contributed by atoms with E-state index in [-0.39, 0.29) is 5.91 Å². The van der Waals surface area contributed by atoms with Gasteiger partial charge in [-0.2, -0.15) is 0 Å². The fourth-order valence-corrected chi connectivity index (χ4v) is 5.82. The number of thiophene rings is 1. The van der Waals surface area contributed by atoms with Crippen molar-refractivity contribution in [1.82, 2.24) is 25.1 Å². The summed E-state index contributed by atoms with van der Waals surface area (Å²) in [6, 6.07) is 8.88. The Morgan fingerprint density at radius 2 is 2.03 bits per heavy atom. The van der Waals surface area contributed by atoms with Crippen molar-refractivity contribution >= 4 is 44.9 Å². The molecule has 0 bridgehead atoms. The number of aromatic nitrogens is 2. The number of fused-ring (bicyclic) bond motifs is 1. The van der Waals surface area contributed by atoms with E-state index in [1.165, 1.54) is 12.8 Å². The lowest BCUT2D eigenvalue weighted by Gasteiger charge is -2.35. The molecule has 0 radical (unpaired) electrons. The molecule has 1 aliphatic carbocycles. The molecule has 2 N–H and O–H groups in total. The van der Waals surface area contributed by atoms with Crippen molar-refractivity contribution in [1.29, 1.82) is 0 Å². The highest BCUT2D eigenvalue weighted by atomic mass is 35.5. The van der Waals surface area contributed by atoms with E-state index in [4.69, 9.17) is 16.6 Å². The van der Waals surface area contributed by atoms with E-state index in [1.54, 1.807) is 17.5 Å². The van der Waals surface area contributed by atoms with E-state index in [0.717, 1.165) is 54.0 Å². The molecule has 0 unspecified atom stereocenters. The maximum absolute atomic E-state index is 12.7. The largest absolute Gasteiger partial charge is 0.353 e. The Labute approximate surface area is 209 Å². The number of nitrogens with zero attached hydrogens (tertiary/aromatic N) is 4. The first-order valence-corrected chi connectivity index (χ1v) is 13.2. The minimum Gasteiger partial charge on any atom is -0.353 e. The standard InChI is InChI=1S/C25H31ClN6OS/c1-31(2)17-8-11-32(12-9-17)13-10-27-25-28-15-20(26)23(30-25)22-14-19-18(4-3-5-21(19)34-22)24(33)29-16-6-7-16/h3-5,14-17H,6-13H2,1-2H3,(H,29,33)(H,27,28,30). The second-order valence-corrected chi connectivity index (χ2v) is 10.9. The normalized spacial score (nSPS) is 17.4. The summed E-state index contributed by atoms with van der Waals surface area (Å²) in [7, 11) is 4.33. The Balaban J connectivity index is 1.27. The van der Waals surface area contributed by atoms with Crippen LogP contribution in [0.4, 0.5) is 5.95 Å². The van der Waals surface area contributed by atoms with Crippen LogP contribution in [-0.4, -0.2) is 78.0 Å². The van der Waals surface area contributed by atoms with Crippen LogP contribution in [0.15, 0.2) is 30.5 Å². The van der Waals surface area contributed by atoms with Gasteiger partial charge in [0.05, 0.1) is 16.1 Å². The highest BCUT2D eigenvalue weighted by Crippen LogP contribution is 2.37. The Morgan fingerprint density at radius 1 is 1.24 bits per heavy atom. The lowest BCUT2D eigenvalue weighted by molar-refractivity contribution is 0.0953. The van der Waals surface area contributed by atoms with Crippen molar-refractivity contribution in [3.05, 3.63) is 41.0 Å². The molecule has 5 rings (SSSR count). The SMILES string of the molecule is CN(C)C1CCN(CCNc2ncc(Cl)c(-c3cc4c(C(=O)NC5CC5)cccc4s3)n2)CC1. The molecule has 180 valence electrons. The van der Waals surface area contributed by atoms with Crippen LogP contribution in [-0.2, 0) is 0 Å². The third-order valence-electron chi connectivity index (χ3n) is 6.69. The Morgan fingerprint density at radius 3 is 2.76 bits per heavy atom. The zero-order valence-electron chi connectivity index (χ0n) is 19.7. The minimum absolute atomic E-state index is 0.0109. The third kappa shape index (κ3) is 5.35. The predicted molar refractivity (Wildman–Crippen MR) is 140 cm³/mol. The van der Waals surface area contributed by atoms with Gasteiger partial charge in [-0.15, -0.1) is 11.3 Å². The molecule has 2 fully saturated rings. The van der Waals surface area contributed by atoms with Crippen LogP contribution >= 0.6 is 22.9 Å². The monoisotopic (exact) mass is 498 g/mol. The number of likely N-dealkylation sites (tertiary alicyclic amines) is 1. The minimum atomic E-state index is -0.0109. The van der Waals surface area contributed by atoms with E-state index in [1.807, 2.05) is 24.3 Å². The van der Waals surface area contributed by atoms with E-state index < -0.39 is 0 Å². The summed E-state index contributed by atoms with van der Waals surface area (Å²) in [4.78, 5) is 27.6. The fourth-order valence-electron chi connectivity index (χ4n) is 4.48. The number of carbonyl (C=O) groups excluding carboxylic acids is 1. The van der Waals surface area contributed by atoms with Crippen molar-refractivity contribution in [2.24, 2.45) is 0 Å². The average Bonchev–Trinajstić information content (AvgIpc) is 3.54. The smallest absolute Gasteiger partial charge is 0.252 e. The predicted octanol–water partition coefficient (Wildman–Crippen LogP) is 4.34. The lowest BCUT2D eigenvalue weighted by Crippen LogP contribution is -2.43. The van der Waals surface area contributed by atoms with Gasteiger partial charge in [0.25, 0.3) is 5.91 Å². The van der Waals surface area contributed by atoms with Crippen molar-refractivity contribution in [2.75, 3.05) is 45.6 Å². The van der Waals surface area contributed by atoms with Gasteiger partial charge in [-0.3, -0.25) is 4.79 Å². The number of halogens is 1. The molecular formula is C25H31ClN6OS. The van der Waals surface area contributed by atoms with Crippen LogP contribution in [0.3, 0.4) is 0 Å². The molecule has 0 atom stereocenters. The first-order chi connectivity index (χ1) is 16.5. The van der Waals surface area contributed by atoms with Gasteiger partial charge in [-0.25, -0.2) is 9.97 Å². The molecule has 7 nitrogen and oxygen atoms in total. The van der Waals surface area contributed by atoms with Gasteiger partial charge >= 0.3 is 0 Å². The van der Waals surface area contributed by atoms with Crippen molar-refractivity contribution < 1.29 is 4.79 Å².